The summed E-state index contributed by atoms with van der Waals surface area (Å²) in [6.45, 7) is 2.95. The summed E-state index contributed by atoms with van der Waals surface area (Å²) in [5.41, 5.74) is 6.68. The molecular weight excluding hydrogens is 206 g/mol. The van der Waals surface area contributed by atoms with Crippen molar-refractivity contribution in [2.24, 2.45) is 0 Å². The Kier molecular flexibility index (Phi) is 4.82. The minimum atomic E-state index is -0.765. The molecule has 1 rings (SSSR count). The highest BCUT2D eigenvalue weighted by atomic mass is 16.4. The minimum Gasteiger partial charge on any atom is -0.481 e. The zero-order valence-corrected chi connectivity index (χ0v) is 9.65. The Morgan fingerprint density at radius 3 is 2.94 bits per heavy atom. The molecule has 1 aromatic rings. The van der Waals surface area contributed by atoms with Gasteiger partial charge in [-0.05, 0) is 19.3 Å². The lowest BCUT2D eigenvalue weighted by molar-refractivity contribution is -0.137. The zero-order chi connectivity index (χ0) is 12.0. The van der Waals surface area contributed by atoms with E-state index in [2.05, 4.69) is 12.0 Å². The number of anilines is 1. The number of hydrogen-bond donors (Lipinski definition) is 2. The van der Waals surface area contributed by atoms with Crippen molar-refractivity contribution in [2.45, 2.75) is 45.6 Å². The summed E-state index contributed by atoms with van der Waals surface area (Å²) >= 11 is 0. The predicted molar refractivity (Wildman–Crippen MR) is 62.1 cm³/mol. The number of carboxylic acids is 1. The van der Waals surface area contributed by atoms with Gasteiger partial charge in [-0.1, -0.05) is 13.3 Å². The fraction of sp³-hybridized carbons (Fsp3) is 0.636. The minimum absolute atomic E-state index is 0.182. The molecule has 0 aromatic carbocycles. The highest BCUT2D eigenvalue weighted by Gasteiger charge is 2.05. The quantitative estimate of drug-likeness (QED) is 0.739. The molecule has 0 aliphatic heterocycles. The number of aryl methyl sites for hydroxylation is 2. The summed E-state index contributed by atoms with van der Waals surface area (Å²) in [6.07, 6.45) is 3.63. The summed E-state index contributed by atoms with van der Waals surface area (Å²) in [6, 6.07) is 1.83. The van der Waals surface area contributed by atoms with Crippen LogP contribution in [0.15, 0.2) is 6.07 Å². The second-order valence-electron chi connectivity index (χ2n) is 3.88. The van der Waals surface area contributed by atoms with Gasteiger partial charge in [-0.2, -0.15) is 5.10 Å². The number of aliphatic carboxylic acids is 1. The molecule has 0 aliphatic carbocycles. The molecule has 5 nitrogen and oxygen atoms in total. The molecule has 90 valence electrons. The molecule has 1 aromatic heterocycles. The van der Waals surface area contributed by atoms with Gasteiger partial charge in [-0.25, -0.2) is 4.68 Å². The van der Waals surface area contributed by atoms with Crippen molar-refractivity contribution in [1.29, 1.82) is 0 Å². The lowest BCUT2D eigenvalue weighted by Crippen LogP contribution is -2.04. The molecular formula is C11H19N3O2. The maximum Gasteiger partial charge on any atom is 0.303 e. The molecule has 0 saturated heterocycles. The van der Waals surface area contributed by atoms with E-state index in [0.29, 0.717) is 18.7 Å². The first-order chi connectivity index (χ1) is 7.63. The van der Waals surface area contributed by atoms with E-state index in [4.69, 9.17) is 10.8 Å². The van der Waals surface area contributed by atoms with Gasteiger partial charge in [0.15, 0.2) is 0 Å². The van der Waals surface area contributed by atoms with Gasteiger partial charge in [0.2, 0.25) is 0 Å². The fourth-order valence-corrected chi connectivity index (χ4v) is 1.52. The van der Waals surface area contributed by atoms with Crippen LogP contribution < -0.4 is 5.73 Å². The maximum atomic E-state index is 10.4. The van der Waals surface area contributed by atoms with Crippen molar-refractivity contribution < 1.29 is 9.90 Å². The summed E-state index contributed by atoms with van der Waals surface area (Å²) in [5, 5.41) is 12.9. The van der Waals surface area contributed by atoms with E-state index in [9.17, 15) is 4.79 Å². The Hall–Kier alpha value is -1.52. The molecule has 0 spiro atoms. The molecule has 16 heavy (non-hydrogen) atoms. The Labute approximate surface area is 95.3 Å². The van der Waals surface area contributed by atoms with Crippen LogP contribution >= 0.6 is 0 Å². The van der Waals surface area contributed by atoms with Crippen molar-refractivity contribution >= 4 is 11.8 Å². The Bertz CT molecular complexity index is 347. The van der Waals surface area contributed by atoms with E-state index in [0.717, 1.165) is 25.1 Å². The maximum absolute atomic E-state index is 10.4. The summed E-state index contributed by atoms with van der Waals surface area (Å²) in [7, 11) is 0. The average molecular weight is 225 g/mol. The van der Waals surface area contributed by atoms with E-state index < -0.39 is 5.97 Å². The Morgan fingerprint density at radius 1 is 1.56 bits per heavy atom. The number of nitrogens with two attached hydrogens (primary N) is 1. The monoisotopic (exact) mass is 225 g/mol. The van der Waals surface area contributed by atoms with Crippen LogP contribution in [0.2, 0.25) is 0 Å². The smallest absolute Gasteiger partial charge is 0.303 e. The number of carbonyl (C=O) groups is 1. The average Bonchev–Trinajstić information content (AvgIpc) is 2.56. The standard InChI is InChI=1S/C11H19N3O2/c1-2-3-7-14-10(12)8-9(13-14)5-4-6-11(15)16/h8H,2-7,12H2,1H3,(H,15,16). The van der Waals surface area contributed by atoms with E-state index in [-0.39, 0.29) is 6.42 Å². The van der Waals surface area contributed by atoms with Gasteiger partial charge in [-0.15, -0.1) is 0 Å². The lowest BCUT2D eigenvalue weighted by atomic mass is 10.2. The molecule has 0 unspecified atom stereocenters. The van der Waals surface area contributed by atoms with Crippen LogP contribution in [0.4, 0.5) is 5.82 Å². The molecule has 0 bridgehead atoms. The Morgan fingerprint density at radius 2 is 2.31 bits per heavy atom. The molecule has 0 radical (unpaired) electrons. The second-order valence-corrected chi connectivity index (χ2v) is 3.88. The number of rotatable bonds is 7. The van der Waals surface area contributed by atoms with Gasteiger partial charge in [0.1, 0.15) is 5.82 Å². The summed E-state index contributed by atoms with van der Waals surface area (Å²) in [4.78, 5) is 10.4. The van der Waals surface area contributed by atoms with Crippen LogP contribution in [0, 0.1) is 0 Å². The molecule has 0 amide bonds. The highest BCUT2D eigenvalue weighted by molar-refractivity contribution is 5.66. The van der Waals surface area contributed by atoms with Crippen molar-refractivity contribution in [3.05, 3.63) is 11.8 Å². The van der Waals surface area contributed by atoms with E-state index in [1.807, 2.05) is 6.07 Å². The number of unbranched alkanes of at least 4 members (excludes halogenated alkanes) is 1. The van der Waals surface area contributed by atoms with Crippen LogP contribution in [-0.2, 0) is 17.8 Å². The Balaban J connectivity index is 2.45. The van der Waals surface area contributed by atoms with Gasteiger partial charge in [0, 0.05) is 19.0 Å². The molecule has 0 aliphatic rings. The first kappa shape index (κ1) is 12.5. The van der Waals surface area contributed by atoms with Crippen LogP contribution in [-0.4, -0.2) is 20.9 Å². The summed E-state index contributed by atoms with van der Waals surface area (Å²) < 4.78 is 1.79. The lowest BCUT2D eigenvalue weighted by Gasteiger charge is -2.01. The summed E-state index contributed by atoms with van der Waals surface area (Å²) in [5.74, 6) is -0.0998. The van der Waals surface area contributed by atoms with E-state index >= 15 is 0 Å². The van der Waals surface area contributed by atoms with Crippen LogP contribution in [0.25, 0.3) is 0 Å². The number of carboxylic acid groups (broad SMARTS) is 1. The van der Waals surface area contributed by atoms with Gasteiger partial charge in [0.05, 0.1) is 5.69 Å². The molecule has 0 saturated carbocycles. The third-order valence-electron chi connectivity index (χ3n) is 2.41. The normalized spacial score (nSPS) is 10.6. The zero-order valence-electron chi connectivity index (χ0n) is 9.65. The SMILES string of the molecule is CCCCn1nc(CCCC(=O)O)cc1N. The predicted octanol–water partition coefficient (Wildman–Crippen LogP) is 1.67. The highest BCUT2D eigenvalue weighted by Crippen LogP contribution is 2.10. The van der Waals surface area contributed by atoms with E-state index in [1.54, 1.807) is 4.68 Å². The molecule has 5 heteroatoms. The largest absolute Gasteiger partial charge is 0.481 e. The van der Waals surface area contributed by atoms with Crippen molar-refractivity contribution in [3.63, 3.8) is 0 Å². The van der Waals surface area contributed by atoms with Gasteiger partial charge >= 0.3 is 5.97 Å². The molecule has 3 N–H and O–H groups in total. The van der Waals surface area contributed by atoms with Crippen LogP contribution in [0.3, 0.4) is 0 Å². The number of hydrogen-bond acceptors (Lipinski definition) is 3. The van der Waals surface area contributed by atoms with Crippen LogP contribution in [0.5, 0.6) is 0 Å². The van der Waals surface area contributed by atoms with Gasteiger partial charge in [0.25, 0.3) is 0 Å². The number of aromatic nitrogens is 2. The molecule has 0 fully saturated rings. The third kappa shape index (κ3) is 3.92. The first-order valence-corrected chi connectivity index (χ1v) is 5.67. The van der Waals surface area contributed by atoms with Crippen LogP contribution in [0.1, 0.15) is 38.3 Å². The third-order valence-corrected chi connectivity index (χ3v) is 2.41. The fourth-order valence-electron chi connectivity index (χ4n) is 1.52. The number of nitrogens with zero attached hydrogens (tertiary/aromatic N) is 2. The second kappa shape index (κ2) is 6.15. The van der Waals surface area contributed by atoms with Crippen molar-refractivity contribution in [2.75, 3.05) is 5.73 Å². The van der Waals surface area contributed by atoms with Gasteiger partial charge < -0.3 is 10.8 Å². The first-order valence-electron chi connectivity index (χ1n) is 5.67. The van der Waals surface area contributed by atoms with Crippen molar-refractivity contribution in [3.8, 4) is 0 Å². The molecule has 1 heterocycles. The number of nitrogen functional groups attached to an aromatic ring is 1. The van der Waals surface area contributed by atoms with Crippen molar-refractivity contribution in [1.82, 2.24) is 9.78 Å². The molecule has 0 atom stereocenters. The van der Waals surface area contributed by atoms with Gasteiger partial charge in [-0.3, -0.25) is 4.79 Å². The van der Waals surface area contributed by atoms with E-state index in [1.165, 1.54) is 0 Å². The topological polar surface area (TPSA) is 81.1 Å².